The fourth-order valence-electron chi connectivity index (χ4n) is 4.22. The Kier molecular flexibility index (Phi) is 7.77. The van der Waals surface area contributed by atoms with Crippen LogP contribution in [0, 0.1) is 17.8 Å². The van der Waals surface area contributed by atoms with E-state index in [9.17, 15) is 23.6 Å². The van der Waals surface area contributed by atoms with Gasteiger partial charge in [-0.3, -0.25) is 29.6 Å². The highest BCUT2D eigenvalue weighted by Crippen LogP contribution is 2.24. The standard InChI is InChI=1S/C24H30FN3O4/c1-15(2)10-18(12-22(30)20-11-16-6-3-4-8-19(16)26-20)24(32)27-28(23(31)13-25)14-17-7-5-9-21(17)29/h3-4,6,8,11,15,17-18,26H,5,7,9-10,12-14H2,1-2H3,(H,27,32)/t17-,18-/m1/s1. The fourth-order valence-corrected chi connectivity index (χ4v) is 4.22. The van der Waals surface area contributed by atoms with Crippen LogP contribution in [0.25, 0.3) is 10.9 Å². The second-order valence-corrected chi connectivity index (χ2v) is 8.89. The van der Waals surface area contributed by atoms with Crippen molar-refractivity contribution < 1.29 is 23.6 Å². The normalized spacial score (nSPS) is 17.0. The highest BCUT2D eigenvalue weighted by Gasteiger charge is 2.31. The Morgan fingerprint density at radius 2 is 2.00 bits per heavy atom. The first kappa shape index (κ1) is 23.6. The molecule has 1 aromatic carbocycles. The number of ketones is 2. The summed E-state index contributed by atoms with van der Waals surface area (Å²) >= 11 is 0. The lowest BCUT2D eigenvalue weighted by atomic mass is 9.91. The number of nitrogens with zero attached hydrogens (tertiary/aromatic N) is 1. The molecule has 0 saturated heterocycles. The number of H-pyrrole nitrogens is 1. The van der Waals surface area contributed by atoms with Gasteiger partial charge < -0.3 is 4.98 Å². The molecule has 1 saturated carbocycles. The molecule has 0 radical (unpaired) electrons. The number of benzene rings is 1. The highest BCUT2D eigenvalue weighted by atomic mass is 19.1. The van der Waals surface area contributed by atoms with Crippen molar-refractivity contribution in [3.8, 4) is 0 Å². The summed E-state index contributed by atoms with van der Waals surface area (Å²) in [6, 6.07) is 9.27. The predicted octanol–water partition coefficient (Wildman–Crippen LogP) is 3.60. The van der Waals surface area contributed by atoms with Crippen LogP contribution < -0.4 is 5.43 Å². The van der Waals surface area contributed by atoms with Gasteiger partial charge in [0, 0.05) is 35.6 Å². The number of fused-ring (bicyclic) bond motifs is 1. The number of hydrogen-bond acceptors (Lipinski definition) is 4. The van der Waals surface area contributed by atoms with Gasteiger partial charge in [0.05, 0.1) is 12.2 Å². The molecule has 172 valence electrons. The van der Waals surface area contributed by atoms with E-state index in [0.29, 0.717) is 25.0 Å². The summed E-state index contributed by atoms with van der Waals surface area (Å²) in [6.45, 7) is 2.56. The Hall–Kier alpha value is -3.03. The van der Waals surface area contributed by atoms with Crippen molar-refractivity contribution in [2.24, 2.45) is 17.8 Å². The molecule has 1 aliphatic carbocycles. The molecule has 2 atom stereocenters. The molecule has 1 heterocycles. The number of para-hydroxylation sites is 1. The van der Waals surface area contributed by atoms with Gasteiger partial charge in [-0.2, -0.15) is 0 Å². The lowest BCUT2D eigenvalue weighted by Gasteiger charge is -2.27. The van der Waals surface area contributed by atoms with Gasteiger partial charge in [0.15, 0.2) is 12.5 Å². The van der Waals surface area contributed by atoms with Gasteiger partial charge in [-0.1, -0.05) is 32.0 Å². The number of nitrogens with one attached hydrogen (secondary N) is 2. The van der Waals surface area contributed by atoms with Gasteiger partial charge in [-0.25, -0.2) is 4.39 Å². The summed E-state index contributed by atoms with van der Waals surface area (Å²) in [7, 11) is 0. The Morgan fingerprint density at radius 3 is 2.62 bits per heavy atom. The Morgan fingerprint density at radius 1 is 1.25 bits per heavy atom. The molecule has 0 unspecified atom stereocenters. The molecular formula is C24H30FN3O4. The molecule has 0 aliphatic heterocycles. The van der Waals surface area contributed by atoms with E-state index in [1.54, 1.807) is 6.07 Å². The third kappa shape index (κ3) is 5.81. The van der Waals surface area contributed by atoms with Crippen molar-refractivity contribution in [2.45, 2.75) is 46.0 Å². The fraction of sp³-hybridized carbons (Fsp3) is 0.500. The van der Waals surface area contributed by atoms with Crippen LogP contribution in [0.3, 0.4) is 0 Å². The molecule has 2 aromatic rings. The minimum Gasteiger partial charge on any atom is -0.352 e. The van der Waals surface area contributed by atoms with Crippen LogP contribution in [-0.4, -0.2) is 46.6 Å². The molecule has 32 heavy (non-hydrogen) atoms. The largest absolute Gasteiger partial charge is 0.352 e. The maximum Gasteiger partial charge on any atom is 0.272 e. The van der Waals surface area contributed by atoms with Crippen LogP contribution in [0.4, 0.5) is 4.39 Å². The third-order valence-electron chi connectivity index (χ3n) is 5.88. The number of halogens is 1. The first-order valence-corrected chi connectivity index (χ1v) is 11.1. The van der Waals surface area contributed by atoms with Gasteiger partial charge in [0.25, 0.3) is 5.91 Å². The number of amides is 2. The minimum atomic E-state index is -1.27. The maximum absolute atomic E-state index is 13.1. The van der Waals surface area contributed by atoms with E-state index in [1.165, 1.54) is 0 Å². The van der Waals surface area contributed by atoms with Crippen molar-refractivity contribution in [2.75, 3.05) is 13.2 Å². The molecule has 7 nitrogen and oxygen atoms in total. The molecule has 2 amide bonds. The Bertz CT molecular complexity index is 967. The van der Waals surface area contributed by atoms with Crippen molar-refractivity contribution in [1.29, 1.82) is 0 Å². The van der Waals surface area contributed by atoms with E-state index in [1.807, 2.05) is 38.1 Å². The number of rotatable bonds is 9. The minimum absolute atomic E-state index is 0.0172. The number of Topliss-reactive ketones (excluding diaryl/α,β-unsaturated/α-hetero) is 2. The van der Waals surface area contributed by atoms with Crippen LogP contribution >= 0.6 is 0 Å². The molecule has 1 fully saturated rings. The SMILES string of the molecule is CC(C)C[C@H](CC(=O)c1cc2ccccc2[nH]1)C(=O)NN(C[C@H]1CCCC1=O)C(=O)CF. The van der Waals surface area contributed by atoms with Crippen LogP contribution in [0.2, 0.25) is 0 Å². The Labute approximate surface area is 186 Å². The second kappa shape index (κ2) is 10.5. The summed E-state index contributed by atoms with van der Waals surface area (Å²) in [5.74, 6) is -2.58. The molecule has 0 spiro atoms. The van der Waals surface area contributed by atoms with Crippen LogP contribution in [0.15, 0.2) is 30.3 Å². The second-order valence-electron chi connectivity index (χ2n) is 8.89. The predicted molar refractivity (Wildman–Crippen MR) is 118 cm³/mol. The smallest absolute Gasteiger partial charge is 0.272 e. The number of hydrogen-bond donors (Lipinski definition) is 2. The van der Waals surface area contributed by atoms with Gasteiger partial charge in [0.2, 0.25) is 5.91 Å². The van der Waals surface area contributed by atoms with E-state index >= 15 is 0 Å². The van der Waals surface area contributed by atoms with Crippen molar-refractivity contribution in [1.82, 2.24) is 15.4 Å². The number of aromatic amines is 1. The summed E-state index contributed by atoms with van der Waals surface area (Å²) in [4.78, 5) is 53.1. The zero-order valence-electron chi connectivity index (χ0n) is 18.5. The van der Waals surface area contributed by atoms with E-state index in [4.69, 9.17) is 0 Å². The van der Waals surface area contributed by atoms with Gasteiger partial charge in [-0.15, -0.1) is 0 Å². The summed E-state index contributed by atoms with van der Waals surface area (Å²) in [6.07, 6.45) is 2.16. The van der Waals surface area contributed by atoms with E-state index in [0.717, 1.165) is 22.3 Å². The topological polar surface area (TPSA) is 99.3 Å². The number of aromatic nitrogens is 1. The van der Waals surface area contributed by atoms with Crippen LogP contribution in [0.1, 0.15) is 56.4 Å². The molecule has 1 aromatic heterocycles. The highest BCUT2D eigenvalue weighted by molar-refractivity contribution is 6.01. The maximum atomic E-state index is 13.1. The summed E-state index contributed by atoms with van der Waals surface area (Å²) < 4.78 is 13.1. The van der Waals surface area contributed by atoms with Crippen molar-refractivity contribution in [3.63, 3.8) is 0 Å². The average Bonchev–Trinajstić information content (AvgIpc) is 3.37. The number of hydrazine groups is 1. The van der Waals surface area contributed by atoms with Crippen molar-refractivity contribution in [3.05, 3.63) is 36.0 Å². The first-order chi connectivity index (χ1) is 15.3. The number of carbonyl (C=O) groups excluding carboxylic acids is 4. The van der Waals surface area contributed by atoms with E-state index in [2.05, 4.69) is 10.4 Å². The quantitative estimate of drug-likeness (QED) is 0.457. The Balaban J connectivity index is 1.72. The third-order valence-corrected chi connectivity index (χ3v) is 5.88. The number of alkyl halides is 1. The zero-order valence-corrected chi connectivity index (χ0v) is 18.5. The average molecular weight is 444 g/mol. The zero-order chi connectivity index (χ0) is 23.3. The van der Waals surface area contributed by atoms with Crippen LogP contribution in [0.5, 0.6) is 0 Å². The first-order valence-electron chi connectivity index (χ1n) is 11.1. The van der Waals surface area contributed by atoms with E-state index < -0.39 is 30.3 Å². The lowest BCUT2D eigenvalue weighted by molar-refractivity contribution is -0.145. The molecular weight excluding hydrogens is 413 g/mol. The lowest BCUT2D eigenvalue weighted by Crippen LogP contribution is -2.51. The summed E-state index contributed by atoms with van der Waals surface area (Å²) in [5, 5.41) is 1.82. The molecule has 8 heteroatoms. The van der Waals surface area contributed by atoms with Crippen LogP contribution in [-0.2, 0) is 14.4 Å². The molecule has 2 N–H and O–H groups in total. The molecule has 1 aliphatic rings. The van der Waals surface area contributed by atoms with Gasteiger partial charge in [0.1, 0.15) is 5.78 Å². The molecule has 3 rings (SSSR count). The van der Waals surface area contributed by atoms with Gasteiger partial charge in [-0.05, 0) is 37.3 Å². The van der Waals surface area contributed by atoms with Gasteiger partial charge >= 0.3 is 0 Å². The monoisotopic (exact) mass is 443 g/mol. The van der Waals surface area contributed by atoms with E-state index in [-0.39, 0.29) is 30.4 Å². The number of carbonyl (C=O) groups is 4. The van der Waals surface area contributed by atoms with Crippen molar-refractivity contribution >= 4 is 34.3 Å². The molecule has 0 bridgehead atoms. The summed E-state index contributed by atoms with van der Waals surface area (Å²) in [5.41, 5.74) is 3.75.